The fourth-order valence-electron chi connectivity index (χ4n) is 1.61. The van der Waals surface area contributed by atoms with E-state index in [1.165, 1.54) is 0 Å². The molecule has 0 N–H and O–H groups in total. The van der Waals surface area contributed by atoms with Gasteiger partial charge in [0.25, 0.3) is 0 Å². The molecular formula is C10H16O3. The van der Waals surface area contributed by atoms with Crippen molar-refractivity contribution in [3.8, 4) is 0 Å². The molecule has 0 aromatic heterocycles. The van der Waals surface area contributed by atoms with Gasteiger partial charge in [0.05, 0.1) is 25.9 Å². The molecule has 0 saturated carbocycles. The van der Waals surface area contributed by atoms with Crippen molar-refractivity contribution in [3.63, 3.8) is 0 Å². The van der Waals surface area contributed by atoms with Crippen molar-refractivity contribution in [1.82, 2.24) is 0 Å². The average Bonchev–Trinajstić information content (AvgIpc) is 2.27. The third-order valence-corrected chi connectivity index (χ3v) is 2.49. The van der Waals surface area contributed by atoms with Gasteiger partial charge in [-0.2, -0.15) is 0 Å². The highest BCUT2D eigenvalue weighted by molar-refractivity contribution is 4.97. The largest absolute Gasteiger partial charge is 0.371 e. The Morgan fingerprint density at radius 3 is 2.85 bits per heavy atom. The molecule has 2 heterocycles. The second kappa shape index (κ2) is 3.40. The van der Waals surface area contributed by atoms with Gasteiger partial charge in [-0.1, -0.05) is 12.2 Å². The number of fused-ring (bicyclic) bond motifs is 1. The van der Waals surface area contributed by atoms with E-state index in [0.717, 1.165) is 0 Å². The highest BCUT2D eigenvalue weighted by Crippen LogP contribution is 2.25. The molecule has 0 radical (unpaired) electrons. The predicted octanol–water partition coefficient (Wildman–Crippen LogP) is 1.34. The van der Waals surface area contributed by atoms with E-state index in [4.69, 9.17) is 14.2 Å². The number of hydrogen-bond acceptors (Lipinski definition) is 3. The smallest absolute Gasteiger partial charge is 0.162 e. The first-order valence-corrected chi connectivity index (χ1v) is 4.73. The van der Waals surface area contributed by atoms with E-state index < -0.39 is 5.79 Å². The zero-order chi connectivity index (χ0) is 9.31. The first-order valence-electron chi connectivity index (χ1n) is 4.73. The van der Waals surface area contributed by atoms with Crippen LogP contribution in [0.2, 0.25) is 0 Å². The van der Waals surface area contributed by atoms with Crippen LogP contribution < -0.4 is 0 Å². The molecule has 1 saturated heterocycles. The van der Waals surface area contributed by atoms with Crippen LogP contribution in [0.4, 0.5) is 0 Å². The van der Waals surface area contributed by atoms with Crippen LogP contribution in [-0.4, -0.2) is 31.7 Å². The van der Waals surface area contributed by atoms with Gasteiger partial charge >= 0.3 is 0 Å². The topological polar surface area (TPSA) is 27.7 Å². The van der Waals surface area contributed by atoms with Crippen molar-refractivity contribution < 1.29 is 14.2 Å². The molecule has 0 aromatic carbocycles. The van der Waals surface area contributed by atoms with Gasteiger partial charge in [0.1, 0.15) is 0 Å². The highest BCUT2D eigenvalue weighted by atomic mass is 16.7. The van der Waals surface area contributed by atoms with Gasteiger partial charge in [-0.25, -0.2) is 0 Å². The van der Waals surface area contributed by atoms with Crippen LogP contribution in [0.1, 0.15) is 13.8 Å². The maximum Gasteiger partial charge on any atom is 0.162 e. The van der Waals surface area contributed by atoms with Crippen molar-refractivity contribution in [2.75, 3.05) is 19.8 Å². The molecular weight excluding hydrogens is 168 g/mol. The summed E-state index contributed by atoms with van der Waals surface area (Å²) in [7, 11) is 0. The van der Waals surface area contributed by atoms with E-state index in [1.807, 2.05) is 19.9 Å². The summed E-state index contributed by atoms with van der Waals surface area (Å²) in [5.74, 6) is -0.107. The lowest BCUT2D eigenvalue weighted by Gasteiger charge is -2.24. The molecule has 2 atom stereocenters. The lowest BCUT2D eigenvalue weighted by Crippen LogP contribution is -2.31. The summed E-state index contributed by atoms with van der Waals surface area (Å²) in [4.78, 5) is 0. The summed E-state index contributed by atoms with van der Waals surface area (Å²) < 4.78 is 16.7. The standard InChI is InChI=1S/C10H16O3/c1-10(2)12-6-8-4-3-5-11-9(8)7-13-10/h3-4,8-9H,5-7H2,1-2H3/t8-,9-/m1/s1. The second-order valence-corrected chi connectivity index (χ2v) is 3.99. The van der Waals surface area contributed by atoms with Gasteiger partial charge in [-0.3, -0.25) is 0 Å². The molecule has 13 heavy (non-hydrogen) atoms. The lowest BCUT2D eigenvalue weighted by atomic mass is 10.0. The Hall–Kier alpha value is -0.380. The summed E-state index contributed by atoms with van der Waals surface area (Å²) in [6, 6.07) is 0. The Kier molecular flexibility index (Phi) is 2.41. The maximum atomic E-state index is 5.61. The molecule has 2 aliphatic rings. The Morgan fingerprint density at radius 2 is 2.00 bits per heavy atom. The SMILES string of the molecule is CC1(C)OC[C@H]2C=CCO[C@@H]2CO1. The minimum atomic E-state index is -0.464. The maximum absolute atomic E-state index is 5.61. The summed E-state index contributed by atoms with van der Waals surface area (Å²) >= 11 is 0. The highest BCUT2D eigenvalue weighted by Gasteiger charge is 2.32. The van der Waals surface area contributed by atoms with E-state index in [-0.39, 0.29) is 6.10 Å². The van der Waals surface area contributed by atoms with E-state index in [0.29, 0.717) is 25.7 Å². The minimum Gasteiger partial charge on any atom is -0.371 e. The second-order valence-electron chi connectivity index (χ2n) is 3.99. The van der Waals surface area contributed by atoms with Crippen LogP contribution in [0.5, 0.6) is 0 Å². The molecule has 3 nitrogen and oxygen atoms in total. The zero-order valence-corrected chi connectivity index (χ0v) is 8.16. The Morgan fingerprint density at radius 1 is 1.23 bits per heavy atom. The van der Waals surface area contributed by atoms with Crippen LogP contribution >= 0.6 is 0 Å². The van der Waals surface area contributed by atoms with Crippen LogP contribution in [-0.2, 0) is 14.2 Å². The summed E-state index contributed by atoms with van der Waals surface area (Å²) in [6.07, 6.45) is 4.38. The van der Waals surface area contributed by atoms with Crippen molar-refractivity contribution in [3.05, 3.63) is 12.2 Å². The summed E-state index contributed by atoms with van der Waals surface area (Å²) in [6.45, 7) is 5.89. The number of rotatable bonds is 0. The molecule has 1 fully saturated rings. The Balaban J connectivity index is 2.05. The third kappa shape index (κ3) is 2.10. The number of ether oxygens (including phenoxy) is 3. The quantitative estimate of drug-likeness (QED) is 0.532. The fraction of sp³-hybridized carbons (Fsp3) is 0.800. The van der Waals surface area contributed by atoms with Crippen LogP contribution in [0.25, 0.3) is 0 Å². The molecule has 2 rings (SSSR count). The minimum absolute atomic E-state index is 0.173. The fourth-order valence-corrected chi connectivity index (χ4v) is 1.61. The monoisotopic (exact) mass is 184 g/mol. The zero-order valence-electron chi connectivity index (χ0n) is 8.16. The first kappa shape index (κ1) is 9.19. The van der Waals surface area contributed by atoms with Gasteiger partial charge in [0.2, 0.25) is 0 Å². The van der Waals surface area contributed by atoms with E-state index >= 15 is 0 Å². The molecule has 0 unspecified atom stereocenters. The molecule has 2 aliphatic heterocycles. The van der Waals surface area contributed by atoms with Crippen LogP contribution in [0.3, 0.4) is 0 Å². The molecule has 0 aliphatic carbocycles. The molecule has 74 valence electrons. The van der Waals surface area contributed by atoms with Gasteiger partial charge in [-0.05, 0) is 13.8 Å². The molecule has 0 amide bonds. The van der Waals surface area contributed by atoms with Crippen molar-refractivity contribution in [1.29, 1.82) is 0 Å². The van der Waals surface area contributed by atoms with E-state index in [9.17, 15) is 0 Å². The third-order valence-electron chi connectivity index (χ3n) is 2.49. The molecule has 0 bridgehead atoms. The van der Waals surface area contributed by atoms with Gasteiger partial charge in [0, 0.05) is 5.92 Å². The van der Waals surface area contributed by atoms with E-state index in [1.54, 1.807) is 0 Å². The van der Waals surface area contributed by atoms with Crippen molar-refractivity contribution in [2.24, 2.45) is 5.92 Å². The lowest BCUT2D eigenvalue weighted by molar-refractivity contribution is -0.204. The first-order chi connectivity index (χ1) is 6.17. The molecule has 3 heteroatoms. The summed E-state index contributed by atoms with van der Waals surface area (Å²) in [5.41, 5.74) is 0. The Bertz CT molecular complexity index is 210. The van der Waals surface area contributed by atoms with Crippen LogP contribution in [0, 0.1) is 5.92 Å². The van der Waals surface area contributed by atoms with Crippen molar-refractivity contribution >= 4 is 0 Å². The predicted molar refractivity (Wildman–Crippen MR) is 48.4 cm³/mol. The van der Waals surface area contributed by atoms with E-state index in [2.05, 4.69) is 6.08 Å². The number of hydrogen-bond donors (Lipinski definition) is 0. The van der Waals surface area contributed by atoms with Gasteiger partial charge < -0.3 is 14.2 Å². The average molecular weight is 184 g/mol. The molecule has 0 spiro atoms. The van der Waals surface area contributed by atoms with Gasteiger partial charge in [-0.15, -0.1) is 0 Å². The Labute approximate surface area is 78.7 Å². The molecule has 0 aromatic rings. The normalized spacial score (nSPS) is 38.0. The van der Waals surface area contributed by atoms with Gasteiger partial charge in [0.15, 0.2) is 5.79 Å². The van der Waals surface area contributed by atoms with Crippen LogP contribution in [0.15, 0.2) is 12.2 Å². The van der Waals surface area contributed by atoms with Crippen molar-refractivity contribution in [2.45, 2.75) is 25.7 Å². The summed E-state index contributed by atoms with van der Waals surface area (Å²) in [5, 5.41) is 0.